The number of carbonyl (C=O) groups excluding carboxylic acids is 1. The van der Waals surface area contributed by atoms with Crippen molar-refractivity contribution in [3.63, 3.8) is 0 Å². The summed E-state index contributed by atoms with van der Waals surface area (Å²) >= 11 is 0. The molecule has 0 radical (unpaired) electrons. The van der Waals surface area contributed by atoms with Gasteiger partial charge in [0.25, 0.3) is 0 Å². The fourth-order valence-corrected chi connectivity index (χ4v) is 3.65. The lowest BCUT2D eigenvalue weighted by Crippen LogP contribution is -2.38. The van der Waals surface area contributed by atoms with Crippen LogP contribution in [0.4, 0.5) is 0 Å². The van der Waals surface area contributed by atoms with Crippen LogP contribution < -0.4 is 11.1 Å². The van der Waals surface area contributed by atoms with Gasteiger partial charge in [0.15, 0.2) is 0 Å². The molecule has 2 rings (SSSR count). The predicted molar refractivity (Wildman–Crippen MR) is 83.4 cm³/mol. The number of rotatable bonds is 6. The minimum atomic E-state index is 0.0897. The number of allylic oxidation sites excluding steroid dienone is 1. The minimum absolute atomic E-state index is 0.0897. The van der Waals surface area contributed by atoms with Crippen LogP contribution in [-0.2, 0) is 4.79 Å². The van der Waals surface area contributed by atoms with Gasteiger partial charge in [0, 0.05) is 13.0 Å². The van der Waals surface area contributed by atoms with Gasteiger partial charge in [-0.25, -0.2) is 0 Å². The molecule has 0 unspecified atom stereocenters. The van der Waals surface area contributed by atoms with E-state index in [0.29, 0.717) is 13.0 Å². The van der Waals surface area contributed by atoms with Gasteiger partial charge in [-0.3, -0.25) is 4.79 Å². The third-order valence-corrected chi connectivity index (χ3v) is 5.04. The van der Waals surface area contributed by atoms with Crippen molar-refractivity contribution in [3.05, 3.63) is 11.6 Å². The quantitative estimate of drug-likeness (QED) is 0.732. The number of nitrogens with one attached hydrogen (secondary N) is 1. The molecular formula is C17H30N2O. The van der Waals surface area contributed by atoms with Crippen LogP contribution >= 0.6 is 0 Å². The first-order valence-corrected chi connectivity index (χ1v) is 8.39. The number of hydrogen-bond acceptors (Lipinski definition) is 2. The highest BCUT2D eigenvalue weighted by atomic mass is 16.1. The molecule has 3 N–H and O–H groups in total. The van der Waals surface area contributed by atoms with Crippen LogP contribution in [0.15, 0.2) is 11.6 Å². The summed E-state index contributed by atoms with van der Waals surface area (Å²) < 4.78 is 0. The van der Waals surface area contributed by atoms with Crippen LogP contribution in [0.2, 0.25) is 0 Å². The Morgan fingerprint density at radius 1 is 1.20 bits per heavy atom. The fraction of sp³-hybridized carbons (Fsp3) is 0.824. The molecule has 1 saturated carbocycles. The molecule has 0 spiro atoms. The Bertz CT molecular complexity index is 343. The van der Waals surface area contributed by atoms with Gasteiger partial charge >= 0.3 is 0 Å². The second-order valence-electron chi connectivity index (χ2n) is 6.65. The van der Waals surface area contributed by atoms with Crippen molar-refractivity contribution in [2.45, 2.75) is 70.6 Å². The summed E-state index contributed by atoms with van der Waals surface area (Å²) in [4.78, 5) is 12.1. The maximum Gasteiger partial charge on any atom is 0.220 e. The Morgan fingerprint density at radius 2 is 2.00 bits per heavy atom. The first-order chi connectivity index (χ1) is 9.74. The summed E-state index contributed by atoms with van der Waals surface area (Å²) in [6.45, 7) is 1.46. The van der Waals surface area contributed by atoms with Crippen molar-refractivity contribution in [1.29, 1.82) is 0 Å². The first-order valence-electron chi connectivity index (χ1n) is 8.39. The molecule has 2 aliphatic carbocycles. The Morgan fingerprint density at radius 3 is 2.65 bits per heavy atom. The van der Waals surface area contributed by atoms with Crippen molar-refractivity contribution < 1.29 is 4.79 Å². The highest BCUT2D eigenvalue weighted by Gasteiger charge is 2.32. The lowest BCUT2D eigenvalue weighted by atomic mass is 9.71. The standard InChI is InChI=1S/C17H30N2O/c18-14-17(10-5-2-6-11-17)13-16(20)19-12-9-15-7-3-1-4-8-15/h7H,1-6,8-14,18H2,(H,19,20). The van der Waals surface area contributed by atoms with Crippen LogP contribution in [0.25, 0.3) is 0 Å². The smallest absolute Gasteiger partial charge is 0.220 e. The Labute approximate surface area is 123 Å². The summed E-state index contributed by atoms with van der Waals surface area (Å²) in [6.07, 6.45) is 15.1. The summed E-state index contributed by atoms with van der Waals surface area (Å²) in [5, 5.41) is 3.10. The van der Waals surface area contributed by atoms with Crippen LogP contribution in [-0.4, -0.2) is 19.0 Å². The summed E-state index contributed by atoms with van der Waals surface area (Å²) in [5.74, 6) is 0.203. The van der Waals surface area contributed by atoms with Crippen LogP contribution in [0, 0.1) is 5.41 Å². The summed E-state index contributed by atoms with van der Waals surface area (Å²) in [6, 6.07) is 0. The van der Waals surface area contributed by atoms with Gasteiger partial charge in [-0.1, -0.05) is 30.9 Å². The maximum absolute atomic E-state index is 12.1. The average Bonchev–Trinajstić information content (AvgIpc) is 2.49. The summed E-state index contributed by atoms with van der Waals surface area (Å²) in [7, 11) is 0. The van der Waals surface area contributed by atoms with Gasteiger partial charge in [-0.2, -0.15) is 0 Å². The summed E-state index contributed by atoms with van der Waals surface area (Å²) in [5.41, 5.74) is 7.56. The van der Waals surface area contributed by atoms with E-state index in [-0.39, 0.29) is 11.3 Å². The number of hydrogen-bond donors (Lipinski definition) is 2. The highest BCUT2D eigenvalue weighted by Crippen LogP contribution is 2.38. The molecule has 1 fully saturated rings. The molecule has 2 aliphatic rings. The molecule has 0 aromatic carbocycles. The van der Waals surface area contributed by atoms with E-state index in [9.17, 15) is 4.79 Å². The fourth-order valence-electron chi connectivity index (χ4n) is 3.65. The predicted octanol–water partition coefficient (Wildman–Crippen LogP) is 3.29. The third kappa shape index (κ3) is 4.62. The number of carbonyl (C=O) groups is 1. The van der Waals surface area contributed by atoms with E-state index in [1.165, 1.54) is 50.5 Å². The van der Waals surface area contributed by atoms with Gasteiger partial charge in [-0.05, 0) is 56.9 Å². The van der Waals surface area contributed by atoms with E-state index in [1.54, 1.807) is 0 Å². The molecule has 114 valence electrons. The van der Waals surface area contributed by atoms with Crippen LogP contribution in [0.3, 0.4) is 0 Å². The largest absolute Gasteiger partial charge is 0.356 e. The SMILES string of the molecule is NCC1(CC(=O)NCCC2=CCCCC2)CCCCC1. The van der Waals surface area contributed by atoms with Crippen molar-refractivity contribution >= 4 is 5.91 Å². The van der Waals surface area contributed by atoms with E-state index in [4.69, 9.17) is 5.73 Å². The maximum atomic E-state index is 12.1. The zero-order valence-electron chi connectivity index (χ0n) is 12.8. The number of amides is 1. The van der Waals surface area contributed by atoms with E-state index < -0.39 is 0 Å². The Kier molecular flexibility index (Phi) is 6.08. The highest BCUT2D eigenvalue weighted by molar-refractivity contribution is 5.76. The molecule has 0 aromatic rings. The molecule has 0 heterocycles. The third-order valence-electron chi connectivity index (χ3n) is 5.04. The van der Waals surface area contributed by atoms with Crippen molar-refractivity contribution in [2.75, 3.05) is 13.1 Å². The molecule has 0 aliphatic heterocycles. The van der Waals surface area contributed by atoms with E-state index >= 15 is 0 Å². The van der Waals surface area contributed by atoms with E-state index in [0.717, 1.165) is 25.8 Å². The molecule has 0 aromatic heterocycles. The topological polar surface area (TPSA) is 55.1 Å². The minimum Gasteiger partial charge on any atom is -0.356 e. The number of nitrogens with two attached hydrogens (primary N) is 1. The molecule has 3 heteroatoms. The molecule has 0 bridgehead atoms. The molecule has 3 nitrogen and oxygen atoms in total. The van der Waals surface area contributed by atoms with Gasteiger partial charge < -0.3 is 11.1 Å². The zero-order chi connectivity index (χ0) is 14.3. The van der Waals surface area contributed by atoms with Gasteiger partial charge in [0.2, 0.25) is 5.91 Å². The Balaban J connectivity index is 1.70. The lowest BCUT2D eigenvalue weighted by Gasteiger charge is -2.35. The normalized spacial score (nSPS) is 22.1. The second kappa shape index (κ2) is 7.82. The van der Waals surface area contributed by atoms with Gasteiger partial charge in [0.1, 0.15) is 0 Å². The zero-order valence-corrected chi connectivity index (χ0v) is 12.8. The van der Waals surface area contributed by atoms with Crippen LogP contribution in [0.5, 0.6) is 0 Å². The molecule has 1 amide bonds. The second-order valence-corrected chi connectivity index (χ2v) is 6.65. The van der Waals surface area contributed by atoms with E-state index in [2.05, 4.69) is 11.4 Å². The lowest BCUT2D eigenvalue weighted by molar-refractivity contribution is -0.123. The van der Waals surface area contributed by atoms with Crippen molar-refractivity contribution in [2.24, 2.45) is 11.1 Å². The molecule has 0 atom stereocenters. The van der Waals surface area contributed by atoms with Crippen molar-refractivity contribution in [3.8, 4) is 0 Å². The Hall–Kier alpha value is -0.830. The molecule has 20 heavy (non-hydrogen) atoms. The monoisotopic (exact) mass is 278 g/mol. The molecule has 0 saturated heterocycles. The van der Waals surface area contributed by atoms with Crippen LogP contribution in [0.1, 0.15) is 70.6 Å². The van der Waals surface area contributed by atoms with Gasteiger partial charge in [-0.15, -0.1) is 0 Å². The van der Waals surface area contributed by atoms with Gasteiger partial charge in [0.05, 0.1) is 0 Å². The van der Waals surface area contributed by atoms with Crippen molar-refractivity contribution in [1.82, 2.24) is 5.32 Å². The average molecular weight is 278 g/mol. The molecular weight excluding hydrogens is 248 g/mol. The first kappa shape index (κ1) is 15.6. The van der Waals surface area contributed by atoms with E-state index in [1.807, 2.05) is 0 Å².